The maximum absolute atomic E-state index is 13.2. The lowest BCUT2D eigenvalue weighted by Gasteiger charge is -2.23. The van der Waals surface area contributed by atoms with Crippen LogP contribution in [0.15, 0.2) is 27.7 Å². The number of hydrogen-bond donors (Lipinski definition) is 0. The number of fused-ring (bicyclic) bond motifs is 1. The van der Waals surface area contributed by atoms with Crippen molar-refractivity contribution in [1.82, 2.24) is 15.0 Å². The van der Waals surface area contributed by atoms with E-state index < -0.39 is 35.7 Å². The van der Waals surface area contributed by atoms with Crippen LogP contribution in [0.2, 0.25) is 0 Å². The molecule has 2 heterocycles. The van der Waals surface area contributed by atoms with Gasteiger partial charge in [0.1, 0.15) is 5.75 Å². The predicted molar refractivity (Wildman–Crippen MR) is 101 cm³/mol. The van der Waals surface area contributed by atoms with Crippen molar-refractivity contribution in [3.63, 3.8) is 0 Å². The molecule has 1 aromatic heterocycles. The summed E-state index contributed by atoms with van der Waals surface area (Å²) in [6.45, 7) is 1.02. The van der Waals surface area contributed by atoms with Gasteiger partial charge in [-0.3, -0.25) is 9.79 Å². The Hall–Kier alpha value is -3.12. The first-order valence-electron chi connectivity index (χ1n) is 9.85. The normalized spacial score (nSPS) is 23.6. The number of halogens is 6. The number of aromatic nitrogens is 2. The third-order valence-electron chi connectivity index (χ3n) is 5.82. The van der Waals surface area contributed by atoms with Crippen molar-refractivity contribution in [2.45, 2.75) is 37.2 Å². The van der Waals surface area contributed by atoms with Crippen molar-refractivity contribution in [1.29, 1.82) is 0 Å². The van der Waals surface area contributed by atoms with E-state index in [-0.39, 0.29) is 36.1 Å². The third kappa shape index (κ3) is 4.27. The summed E-state index contributed by atoms with van der Waals surface area (Å²) in [5.41, 5.74) is -0.505. The number of rotatable bonds is 5. The van der Waals surface area contributed by atoms with E-state index in [1.807, 2.05) is 0 Å². The van der Waals surface area contributed by atoms with Gasteiger partial charge in [-0.15, -0.1) is 0 Å². The Morgan fingerprint density at radius 2 is 2.06 bits per heavy atom. The molecular formula is C20H18F6N4O3. The zero-order chi connectivity index (χ0) is 24.2. The number of alkyl halides is 6. The molecule has 1 aliphatic carbocycles. The van der Waals surface area contributed by atoms with Crippen LogP contribution in [0.3, 0.4) is 0 Å². The molecule has 1 aliphatic heterocycles. The van der Waals surface area contributed by atoms with Gasteiger partial charge in [-0.05, 0) is 43.0 Å². The Balaban J connectivity index is 1.59. The van der Waals surface area contributed by atoms with Gasteiger partial charge in [-0.1, -0.05) is 5.16 Å². The number of amides is 1. The first-order valence-corrected chi connectivity index (χ1v) is 9.85. The quantitative estimate of drug-likeness (QED) is 0.484. The van der Waals surface area contributed by atoms with Crippen molar-refractivity contribution in [3.8, 4) is 5.75 Å². The van der Waals surface area contributed by atoms with Gasteiger partial charge in [0.25, 0.3) is 5.91 Å². The topological polar surface area (TPSA) is 80.8 Å². The highest BCUT2D eigenvalue weighted by atomic mass is 19.4. The SMILES string of the molecule is C/N=C/c1ccc(OC(C)C(F)(F)F)c(C(=O)N2CC3CC3(c3noc(C(F)(F)F)n3)C2)c1. The first-order chi connectivity index (χ1) is 15.3. The van der Waals surface area contributed by atoms with Crippen LogP contribution in [0.4, 0.5) is 26.3 Å². The molecule has 0 bridgehead atoms. The highest BCUT2D eigenvalue weighted by molar-refractivity contribution is 5.99. The summed E-state index contributed by atoms with van der Waals surface area (Å²) in [6, 6.07) is 4.08. The number of piperidine rings is 1. The van der Waals surface area contributed by atoms with Gasteiger partial charge < -0.3 is 14.2 Å². The van der Waals surface area contributed by atoms with Crippen molar-refractivity contribution >= 4 is 12.1 Å². The zero-order valence-corrected chi connectivity index (χ0v) is 17.4. The van der Waals surface area contributed by atoms with E-state index in [0.29, 0.717) is 12.0 Å². The van der Waals surface area contributed by atoms with Gasteiger partial charge in [0.2, 0.25) is 0 Å². The Morgan fingerprint density at radius 3 is 2.67 bits per heavy atom. The van der Waals surface area contributed by atoms with Gasteiger partial charge >= 0.3 is 18.2 Å². The van der Waals surface area contributed by atoms with Crippen molar-refractivity contribution in [2.75, 3.05) is 20.1 Å². The predicted octanol–water partition coefficient (Wildman–Crippen LogP) is 3.88. The Labute approximate surface area is 183 Å². The fourth-order valence-electron chi connectivity index (χ4n) is 4.00. The second-order valence-corrected chi connectivity index (χ2v) is 8.11. The van der Waals surface area contributed by atoms with E-state index in [0.717, 1.165) is 6.92 Å². The molecule has 1 aromatic carbocycles. The maximum atomic E-state index is 13.2. The summed E-state index contributed by atoms with van der Waals surface area (Å²) in [5, 5.41) is 3.46. The zero-order valence-electron chi connectivity index (χ0n) is 17.4. The third-order valence-corrected chi connectivity index (χ3v) is 5.82. The van der Waals surface area contributed by atoms with Crippen LogP contribution < -0.4 is 4.74 Å². The second kappa shape index (κ2) is 7.73. The molecule has 33 heavy (non-hydrogen) atoms. The van der Waals surface area contributed by atoms with Crippen molar-refractivity contribution < 1.29 is 40.4 Å². The van der Waals surface area contributed by atoms with E-state index in [1.54, 1.807) is 0 Å². The number of benzene rings is 1. The Bertz CT molecular complexity index is 1100. The van der Waals surface area contributed by atoms with E-state index in [1.165, 1.54) is 36.4 Å². The van der Waals surface area contributed by atoms with Gasteiger partial charge in [-0.25, -0.2) is 0 Å². The van der Waals surface area contributed by atoms with Gasteiger partial charge in [0.05, 0.1) is 11.0 Å². The molecule has 2 fully saturated rings. The van der Waals surface area contributed by atoms with Crippen LogP contribution in [0.1, 0.15) is 41.0 Å². The molecule has 0 N–H and O–H groups in total. The molecule has 0 spiro atoms. The molecule has 178 valence electrons. The first kappa shape index (κ1) is 23.1. The van der Waals surface area contributed by atoms with Gasteiger partial charge in [0, 0.05) is 26.4 Å². The molecule has 2 aliphatic rings. The molecule has 1 amide bonds. The standard InChI is InChI=1S/C20H18F6N4O3/c1-10(19(21,22)23)32-14-4-3-11(7-27-2)5-13(14)15(31)30-8-12-6-18(12,9-30)16-28-17(33-29-16)20(24,25)26/h3-5,7,10,12H,6,8-9H2,1-2H3/b27-7+. The molecule has 7 nitrogen and oxygen atoms in total. The molecule has 3 unspecified atom stereocenters. The van der Waals surface area contributed by atoms with Crippen molar-refractivity contribution in [2.24, 2.45) is 10.9 Å². The van der Waals surface area contributed by atoms with Gasteiger partial charge in [0.15, 0.2) is 11.9 Å². The lowest BCUT2D eigenvalue weighted by Crippen LogP contribution is -2.35. The molecule has 3 atom stereocenters. The summed E-state index contributed by atoms with van der Waals surface area (Å²) in [6.07, 6.45) is -9.69. The minimum absolute atomic E-state index is 0.00763. The number of aliphatic imine (C=N–C) groups is 1. The average Bonchev–Trinajstić information content (AvgIpc) is 3.08. The van der Waals surface area contributed by atoms with E-state index >= 15 is 0 Å². The highest BCUT2D eigenvalue weighted by Crippen LogP contribution is 2.58. The number of carbonyl (C=O) groups is 1. The molecular weight excluding hydrogens is 458 g/mol. The molecule has 2 aromatic rings. The summed E-state index contributed by atoms with van der Waals surface area (Å²) in [4.78, 5) is 21.9. The van der Waals surface area contributed by atoms with E-state index in [2.05, 4.69) is 19.7 Å². The lowest BCUT2D eigenvalue weighted by molar-refractivity contribution is -0.189. The number of carbonyl (C=O) groups excluding carboxylic acids is 1. The lowest BCUT2D eigenvalue weighted by atomic mass is 10.1. The van der Waals surface area contributed by atoms with Crippen LogP contribution in [0.25, 0.3) is 0 Å². The molecule has 1 saturated carbocycles. The van der Waals surface area contributed by atoms with Crippen molar-refractivity contribution in [3.05, 3.63) is 41.0 Å². The number of nitrogens with zero attached hydrogens (tertiary/aromatic N) is 4. The fraction of sp³-hybridized carbons (Fsp3) is 0.500. The van der Waals surface area contributed by atoms with E-state index in [4.69, 9.17) is 4.74 Å². The average molecular weight is 476 g/mol. The maximum Gasteiger partial charge on any atom is 0.471 e. The van der Waals surface area contributed by atoms with Crippen LogP contribution in [-0.2, 0) is 11.6 Å². The van der Waals surface area contributed by atoms with Crippen LogP contribution in [0, 0.1) is 5.92 Å². The monoisotopic (exact) mass is 476 g/mol. The van der Waals surface area contributed by atoms with Crippen LogP contribution >= 0.6 is 0 Å². The largest absolute Gasteiger partial charge is 0.480 e. The highest BCUT2D eigenvalue weighted by Gasteiger charge is 2.65. The second-order valence-electron chi connectivity index (χ2n) is 8.11. The van der Waals surface area contributed by atoms with E-state index in [9.17, 15) is 31.1 Å². The van der Waals surface area contributed by atoms with Gasteiger partial charge in [-0.2, -0.15) is 31.3 Å². The molecule has 13 heteroatoms. The number of likely N-dealkylation sites (tertiary alicyclic amines) is 1. The summed E-state index contributed by atoms with van der Waals surface area (Å²) < 4.78 is 86.8. The Kier molecular flexibility index (Phi) is 5.40. The van der Waals surface area contributed by atoms with Crippen LogP contribution in [-0.4, -0.2) is 59.6 Å². The Morgan fingerprint density at radius 1 is 1.33 bits per heavy atom. The minimum atomic E-state index is -4.79. The smallest absolute Gasteiger partial charge is 0.471 e. The number of ether oxygens (including phenoxy) is 1. The minimum Gasteiger partial charge on any atom is -0.480 e. The fourth-order valence-corrected chi connectivity index (χ4v) is 4.00. The van der Waals surface area contributed by atoms with Crippen LogP contribution in [0.5, 0.6) is 5.75 Å². The summed E-state index contributed by atoms with van der Waals surface area (Å²) in [5.74, 6) is -2.66. The summed E-state index contributed by atoms with van der Waals surface area (Å²) >= 11 is 0. The molecule has 0 radical (unpaired) electrons. The molecule has 4 rings (SSSR count). The number of hydrogen-bond acceptors (Lipinski definition) is 6. The summed E-state index contributed by atoms with van der Waals surface area (Å²) in [7, 11) is 1.50. The molecule has 1 saturated heterocycles.